The molecule has 0 bridgehead atoms. The van der Waals surface area contributed by atoms with E-state index in [1.807, 2.05) is 24.3 Å². The number of nitrogens with zero attached hydrogens (tertiary/aromatic N) is 4. The number of carbonyl (C=O) groups is 1. The van der Waals surface area contributed by atoms with Gasteiger partial charge in [-0.15, -0.1) is 17.5 Å². The van der Waals surface area contributed by atoms with Crippen molar-refractivity contribution in [3.63, 3.8) is 0 Å². The van der Waals surface area contributed by atoms with Crippen LogP contribution in [0.3, 0.4) is 0 Å². The van der Waals surface area contributed by atoms with Crippen LogP contribution in [-0.2, 0) is 6.42 Å². The Morgan fingerprint density at radius 1 is 1.30 bits per heavy atom. The molecule has 0 aliphatic carbocycles. The number of benzene rings is 1. The van der Waals surface area contributed by atoms with Crippen molar-refractivity contribution in [2.75, 3.05) is 39.3 Å². The molecule has 0 radical (unpaired) electrons. The van der Waals surface area contributed by atoms with Crippen LogP contribution in [0.1, 0.15) is 29.8 Å². The third kappa shape index (κ3) is 5.65. The van der Waals surface area contributed by atoms with Crippen LogP contribution in [-0.4, -0.2) is 64.8 Å². The van der Waals surface area contributed by atoms with E-state index >= 15 is 0 Å². The third-order valence-electron chi connectivity index (χ3n) is 4.35. The minimum Gasteiger partial charge on any atom is -0.348 e. The number of hydrogen-bond acceptors (Lipinski definition) is 5. The monoisotopic (exact) mass is 412 g/mol. The van der Waals surface area contributed by atoms with Crippen LogP contribution in [0, 0.1) is 0 Å². The van der Waals surface area contributed by atoms with Gasteiger partial charge in [0.1, 0.15) is 5.82 Å². The Hall–Kier alpha value is -1.67. The van der Waals surface area contributed by atoms with Crippen LogP contribution in [0.2, 0.25) is 5.02 Å². The van der Waals surface area contributed by atoms with E-state index in [4.69, 9.17) is 11.6 Å². The molecule has 1 aliphatic rings. The molecule has 0 saturated carbocycles. The molecule has 1 saturated heterocycles. The fourth-order valence-corrected chi connectivity index (χ4v) is 3.20. The van der Waals surface area contributed by atoms with E-state index in [1.165, 1.54) is 0 Å². The molecule has 1 aromatic heterocycles. The summed E-state index contributed by atoms with van der Waals surface area (Å²) in [5.74, 6) is 0.685. The Morgan fingerprint density at radius 3 is 2.74 bits per heavy atom. The van der Waals surface area contributed by atoms with Crippen molar-refractivity contribution in [3.8, 4) is 5.69 Å². The normalized spacial score (nSPS) is 14.6. The molecule has 0 spiro atoms. The molecule has 2 N–H and O–H groups in total. The summed E-state index contributed by atoms with van der Waals surface area (Å²) in [5, 5.41) is 11.2. The molecule has 2 aromatic rings. The molecule has 27 heavy (non-hydrogen) atoms. The smallest absolute Gasteiger partial charge is 0.291 e. The average molecular weight is 413 g/mol. The van der Waals surface area contributed by atoms with Crippen molar-refractivity contribution >= 4 is 29.9 Å². The molecule has 3 rings (SSSR count). The zero-order chi connectivity index (χ0) is 18.4. The van der Waals surface area contributed by atoms with E-state index in [0.717, 1.165) is 57.1 Å². The second-order valence-electron chi connectivity index (χ2n) is 6.31. The molecule has 7 nitrogen and oxygen atoms in total. The Kier molecular flexibility index (Phi) is 8.50. The summed E-state index contributed by atoms with van der Waals surface area (Å²) in [6, 6.07) is 7.45. The van der Waals surface area contributed by atoms with Gasteiger partial charge in [-0.1, -0.05) is 30.7 Å². The quantitative estimate of drug-likeness (QED) is 0.726. The molecular formula is C18H26Cl2N6O. The van der Waals surface area contributed by atoms with Crippen molar-refractivity contribution in [1.29, 1.82) is 0 Å². The van der Waals surface area contributed by atoms with Gasteiger partial charge in [0.15, 0.2) is 0 Å². The molecular weight excluding hydrogens is 387 g/mol. The fourth-order valence-electron chi connectivity index (χ4n) is 2.98. The maximum Gasteiger partial charge on any atom is 0.291 e. The highest BCUT2D eigenvalue weighted by molar-refractivity contribution is 6.32. The minimum atomic E-state index is -0.247. The van der Waals surface area contributed by atoms with Gasteiger partial charge in [-0.05, 0) is 18.6 Å². The third-order valence-corrected chi connectivity index (χ3v) is 4.67. The lowest BCUT2D eigenvalue weighted by atomic mass is 10.3. The van der Waals surface area contributed by atoms with Crippen molar-refractivity contribution < 1.29 is 4.79 Å². The van der Waals surface area contributed by atoms with Gasteiger partial charge >= 0.3 is 0 Å². The van der Waals surface area contributed by atoms with Crippen molar-refractivity contribution in [1.82, 2.24) is 30.3 Å². The molecule has 1 aromatic carbocycles. The first-order valence-electron chi connectivity index (χ1n) is 9.11. The minimum absolute atomic E-state index is 0. The van der Waals surface area contributed by atoms with Crippen molar-refractivity contribution in [2.24, 2.45) is 0 Å². The number of amides is 1. The van der Waals surface area contributed by atoms with Crippen LogP contribution in [0.25, 0.3) is 5.69 Å². The molecule has 0 atom stereocenters. The number of aryl methyl sites for hydroxylation is 1. The first-order chi connectivity index (χ1) is 12.7. The SMILES string of the molecule is CCCc1nc(C(=O)NCCN2CCNCC2)nn1-c1ccccc1Cl.Cl. The van der Waals surface area contributed by atoms with E-state index < -0.39 is 0 Å². The van der Waals surface area contributed by atoms with E-state index in [2.05, 4.69) is 32.5 Å². The number of para-hydroxylation sites is 1. The predicted octanol–water partition coefficient (Wildman–Crippen LogP) is 1.93. The van der Waals surface area contributed by atoms with Gasteiger partial charge in [0.25, 0.3) is 5.91 Å². The number of rotatable bonds is 7. The number of hydrogen-bond donors (Lipinski definition) is 2. The van der Waals surface area contributed by atoms with Gasteiger partial charge in [-0.3, -0.25) is 9.69 Å². The topological polar surface area (TPSA) is 75.1 Å². The molecule has 1 aliphatic heterocycles. The summed E-state index contributed by atoms with van der Waals surface area (Å²) in [4.78, 5) is 19.2. The van der Waals surface area contributed by atoms with Gasteiger partial charge in [0.2, 0.25) is 5.82 Å². The fraction of sp³-hybridized carbons (Fsp3) is 0.500. The number of carbonyl (C=O) groups excluding carboxylic acids is 1. The Morgan fingerprint density at radius 2 is 2.04 bits per heavy atom. The highest BCUT2D eigenvalue weighted by atomic mass is 35.5. The molecule has 2 heterocycles. The number of nitrogens with one attached hydrogen (secondary N) is 2. The average Bonchev–Trinajstić information content (AvgIpc) is 3.07. The van der Waals surface area contributed by atoms with Gasteiger partial charge < -0.3 is 10.6 Å². The Bertz CT molecular complexity index is 745. The second-order valence-corrected chi connectivity index (χ2v) is 6.72. The lowest BCUT2D eigenvalue weighted by Crippen LogP contribution is -2.46. The molecule has 9 heteroatoms. The van der Waals surface area contributed by atoms with Gasteiger partial charge in [0.05, 0.1) is 10.7 Å². The summed E-state index contributed by atoms with van der Waals surface area (Å²) >= 11 is 6.29. The zero-order valence-electron chi connectivity index (χ0n) is 15.4. The lowest BCUT2D eigenvalue weighted by Gasteiger charge is -2.26. The predicted molar refractivity (Wildman–Crippen MR) is 109 cm³/mol. The van der Waals surface area contributed by atoms with E-state index in [-0.39, 0.29) is 24.1 Å². The first-order valence-corrected chi connectivity index (χ1v) is 9.49. The molecule has 1 fully saturated rings. The van der Waals surface area contributed by atoms with Crippen LogP contribution >= 0.6 is 24.0 Å². The second kappa shape index (κ2) is 10.6. The van der Waals surface area contributed by atoms with Crippen molar-refractivity contribution in [3.05, 3.63) is 40.9 Å². The molecule has 148 valence electrons. The maximum absolute atomic E-state index is 12.5. The van der Waals surface area contributed by atoms with Crippen molar-refractivity contribution in [2.45, 2.75) is 19.8 Å². The number of piperazine rings is 1. The Balaban J connectivity index is 0.00000261. The number of aromatic nitrogens is 3. The van der Waals surface area contributed by atoms with Gasteiger partial charge in [-0.2, -0.15) is 0 Å². The van der Waals surface area contributed by atoms with E-state index in [0.29, 0.717) is 11.6 Å². The highest BCUT2D eigenvalue weighted by Gasteiger charge is 2.18. The van der Waals surface area contributed by atoms with Gasteiger partial charge in [0, 0.05) is 45.7 Å². The summed E-state index contributed by atoms with van der Waals surface area (Å²) < 4.78 is 1.68. The first kappa shape index (κ1) is 21.6. The summed E-state index contributed by atoms with van der Waals surface area (Å²) in [6.45, 7) is 7.50. The van der Waals surface area contributed by atoms with Crippen LogP contribution in [0.4, 0.5) is 0 Å². The van der Waals surface area contributed by atoms with Crippen LogP contribution in [0.5, 0.6) is 0 Å². The summed E-state index contributed by atoms with van der Waals surface area (Å²) in [5.41, 5.74) is 0.741. The summed E-state index contributed by atoms with van der Waals surface area (Å²) in [6.07, 6.45) is 1.64. The zero-order valence-corrected chi connectivity index (χ0v) is 17.0. The van der Waals surface area contributed by atoms with Crippen LogP contribution < -0.4 is 10.6 Å². The van der Waals surface area contributed by atoms with Crippen LogP contribution in [0.15, 0.2) is 24.3 Å². The Labute approximate surface area is 170 Å². The molecule has 0 unspecified atom stereocenters. The van der Waals surface area contributed by atoms with E-state index in [1.54, 1.807) is 4.68 Å². The van der Waals surface area contributed by atoms with E-state index in [9.17, 15) is 4.79 Å². The van der Waals surface area contributed by atoms with Gasteiger partial charge in [-0.25, -0.2) is 9.67 Å². The maximum atomic E-state index is 12.5. The largest absolute Gasteiger partial charge is 0.348 e. The molecule has 1 amide bonds. The standard InChI is InChI=1S/C18H25ClN6O.ClH/c1-2-5-16-22-17(23-25(16)15-7-4-3-6-14(15)19)18(26)21-10-13-24-11-8-20-9-12-24;/h3-4,6-7,20H,2,5,8-13H2,1H3,(H,21,26);1H. The number of halogens is 2. The lowest BCUT2D eigenvalue weighted by molar-refractivity contribution is 0.0937. The summed E-state index contributed by atoms with van der Waals surface area (Å²) in [7, 11) is 0. The highest BCUT2D eigenvalue weighted by Crippen LogP contribution is 2.21.